The Bertz CT molecular complexity index is 1010. The van der Waals surface area contributed by atoms with E-state index in [2.05, 4.69) is 5.32 Å². The third-order valence-electron chi connectivity index (χ3n) is 5.22. The standard InChI is InChI=1S/C22H19NO5/c1-12(13-9-10-13)23-18(24)11-28-22(27)17-8-4-7-16-19(17)21(26)15-6-3-2-5-14(15)20(16)25/h2-8,12-13H,9-11H2,1H3,(H,23,24)/t12-/m0/s1. The molecule has 28 heavy (non-hydrogen) atoms. The van der Waals surface area contributed by atoms with Crippen molar-refractivity contribution in [2.45, 2.75) is 25.8 Å². The van der Waals surface area contributed by atoms with Crippen molar-refractivity contribution in [3.8, 4) is 0 Å². The first kappa shape index (κ1) is 18.1. The van der Waals surface area contributed by atoms with Gasteiger partial charge in [-0.25, -0.2) is 4.79 Å². The minimum absolute atomic E-state index is 0.00612. The molecule has 4 rings (SSSR count). The summed E-state index contributed by atoms with van der Waals surface area (Å²) in [4.78, 5) is 50.2. The van der Waals surface area contributed by atoms with Crippen LogP contribution in [0.25, 0.3) is 0 Å². The normalized spacial score (nSPS) is 16.0. The molecule has 2 aliphatic rings. The molecule has 6 heteroatoms. The smallest absolute Gasteiger partial charge is 0.339 e. The third kappa shape index (κ3) is 3.22. The van der Waals surface area contributed by atoms with E-state index in [0.717, 1.165) is 12.8 Å². The molecule has 0 radical (unpaired) electrons. The quantitative estimate of drug-likeness (QED) is 0.690. The Morgan fingerprint density at radius 1 is 1.00 bits per heavy atom. The number of nitrogens with one attached hydrogen (secondary N) is 1. The van der Waals surface area contributed by atoms with Crippen LogP contribution in [-0.4, -0.2) is 36.1 Å². The van der Waals surface area contributed by atoms with Crippen LogP contribution in [0.4, 0.5) is 0 Å². The molecule has 0 aliphatic heterocycles. The van der Waals surface area contributed by atoms with Gasteiger partial charge in [-0.2, -0.15) is 0 Å². The topological polar surface area (TPSA) is 89.5 Å². The first-order chi connectivity index (χ1) is 13.5. The number of carbonyl (C=O) groups is 4. The lowest BCUT2D eigenvalue weighted by Crippen LogP contribution is -2.37. The Morgan fingerprint density at radius 2 is 1.64 bits per heavy atom. The Labute approximate surface area is 161 Å². The van der Waals surface area contributed by atoms with E-state index in [4.69, 9.17) is 4.74 Å². The Morgan fingerprint density at radius 3 is 2.32 bits per heavy atom. The maximum absolute atomic E-state index is 12.9. The molecule has 2 aromatic carbocycles. The van der Waals surface area contributed by atoms with Crippen molar-refractivity contribution in [3.63, 3.8) is 0 Å². The van der Waals surface area contributed by atoms with Gasteiger partial charge in [0.15, 0.2) is 18.2 Å². The summed E-state index contributed by atoms with van der Waals surface area (Å²) in [6.45, 7) is 1.49. The summed E-state index contributed by atoms with van der Waals surface area (Å²) < 4.78 is 5.11. The maximum Gasteiger partial charge on any atom is 0.339 e. The summed E-state index contributed by atoms with van der Waals surface area (Å²) in [5.74, 6) is -1.40. The second-order valence-corrected chi connectivity index (χ2v) is 7.20. The molecule has 0 aromatic heterocycles. The van der Waals surface area contributed by atoms with Crippen LogP contribution >= 0.6 is 0 Å². The van der Waals surface area contributed by atoms with Gasteiger partial charge in [0.25, 0.3) is 5.91 Å². The highest BCUT2D eigenvalue weighted by Gasteiger charge is 2.33. The molecule has 0 unspecified atom stereocenters. The molecule has 0 bridgehead atoms. The minimum atomic E-state index is -0.799. The van der Waals surface area contributed by atoms with E-state index in [1.807, 2.05) is 6.92 Å². The van der Waals surface area contributed by atoms with Crippen LogP contribution in [0.3, 0.4) is 0 Å². The summed E-state index contributed by atoms with van der Waals surface area (Å²) in [6, 6.07) is 11.0. The van der Waals surface area contributed by atoms with Crippen molar-refractivity contribution in [3.05, 3.63) is 70.3 Å². The van der Waals surface area contributed by atoms with Gasteiger partial charge in [-0.1, -0.05) is 36.4 Å². The lowest BCUT2D eigenvalue weighted by atomic mass is 9.82. The highest BCUT2D eigenvalue weighted by Crippen LogP contribution is 2.32. The fraction of sp³-hybridized carbons (Fsp3) is 0.273. The van der Waals surface area contributed by atoms with Crippen LogP contribution in [0.15, 0.2) is 42.5 Å². The molecule has 0 heterocycles. The van der Waals surface area contributed by atoms with Crippen molar-refractivity contribution >= 4 is 23.4 Å². The lowest BCUT2D eigenvalue weighted by Gasteiger charge is -2.19. The predicted molar refractivity (Wildman–Crippen MR) is 100 cm³/mol. The zero-order valence-corrected chi connectivity index (χ0v) is 15.4. The maximum atomic E-state index is 12.9. The number of esters is 1. The number of hydrogen-bond acceptors (Lipinski definition) is 5. The van der Waals surface area contributed by atoms with Gasteiger partial charge in [-0.05, 0) is 31.7 Å². The number of rotatable bonds is 5. The van der Waals surface area contributed by atoms with Gasteiger partial charge in [0.2, 0.25) is 0 Å². The van der Waals surface area contributed by atoms with Crippen molar-refractivity contribution in [2.75, 3.05) is 6.61 Å². The molecule has 1 N–H and O–H groups in total. The van der Waals surface area contributed by atoms with E-state index in [-0.39, 0.29) is 40.0 Å². The fourth-order valence-electron chi connectivity index (χ4n) is 3.53. The number of benzene rings is 2. The van der Waals surface area contributed by atoms with Crippen LogP contribution in [0.1, 0.15) is 62.0 Å². The molecular formula is C22H19NO5. The Balaban J connectivity index is 1.54. The second-order valence-electron chi connectivity index (χ2n) is 7.20. The molecule has 1 atom stereocenters. The Hall–Kier alpha value is -3.28. The molecule has 0 spiro atoms. The van der Waals surface area contributed by atoms with E-state index in [9.17, 15) is 19.2 Å². The average molecular weight is 377 g/mol. The van der Waals surface area contributed by atoms with E-state index in [1.165, 1.54) is 18.2 Å². The van der Waals surface area contributed by atoms with E-state index >= 15 is 0 Å². The number of fused-ring (bicyclic) bond motifs is 2. The van der Waals surface area contributed by atoms with Crippen molar-refractivity contribution in [2.24, 2.45) is 5.92 Å². The number of hydrogen-bond donors (Lipinski definition) is 1. The van der Waals surface area contributed by atoms with E-state index in [1.54, 1.807) is 24.3 Å². The van der Waals surface area contributed by atoms with Gasteiger partial charge in [0.1, 0.15) is 0 Å². The van der Waals surface area contributed by atoms with E-state index in [0.29, 0.717) is 11.5 Å². The SMILES string of the molecule is C[C@H](NC(=O)COC(=O)c1cccc2c1C(=O)c1ccccc1C2=O)C1CC1. The highest BCUT2D eigenvalue weighted by atomic mass is 16.5. The van der Waals surface area contributed by atoms with E-state index < -0.39 is 18.4 Å². The molecule has 1 saturated carbocycles. The average Bonchev–Trinajstić information content (AvgIpc) is 3.55. The largest absolute Gasteiger partial charge is 0.452 e. The monoisotopic (exact) mass is 377 g/mol. The van der Waals surface area contributed by atoms with Crippen molar-refractivity contribution in [1.29, 1.82) is 0 Å². The third-order valence-corrected chi connectivity index (χ3v) is 5.22. The Kier molecular flexibility index (Phi) is 4.55. The van der Waals surface area contributed by atoms with Gasteiger partial charge in [0, 0.05) is 28.3 Å². The van der Waals surface area contributed by atoms with Gasteiger partial charge in [0.05, 0.1) is 5.56 Å². The van der Waals surface area contributed by atoms with Gasteiger partial charge >= 0.3 is 5.97 Å². The van der Waals surface area contributed by atoms with Gasteiger partial charge in [-0.15, -0.1) is 0 Å². The van der Waals surface area contributed by atoms with Crippen LogP contribution in [0, 0.1) is 5.92 Å². The van der Waals surface area contributed by atoms with Crippen LogP contribution in [-0.2, 0) is 9.53 Å². The molecule has 2 aliphatic carbocycles. The van der Waals surface area contributed by atoms with Crippen LogP contribution in [0.5, 0.6) is 0 Å². The summed E-state index contributed by atoms with van der Waals surface area (Å²) in [6.07, 6.45) is 2.18. The van der Waals surface area contributed by atoms with Gasteiger partial charge in [-0.3, -0.25) is 14.4 Å². The minimum Gasteiger partial charge on any atom is -0.452 e. The van der Waals surface area contributed by atoms with Crippen LogP contribution < -0.4 is 5.32 Å². The first-order valence-electron chi connectivity index (χ1n) is 9.25. The molecule has 6 nitrogen and oxygen atoms in total. The van der Waals surface area contributed by atoms with Gasteiger partial charge < -0.3 is 10.1 Å². The fourth-order valence-corrected chi connectivity index (χ4v) is 3.53. The summed E-state index contributed by atoms with van der Waals surface area (Å²) in [5, 5.41) is 2.80. The molecule has 1 amide bonds. The highest BCUT2D eigenvalue weighted by molar-refractivity contribution is 6.30. The molecule has 0 saturated heterocycles. The lowest BCUT2D eigenvalue weighted by molar-refractivity contribution is -0.124. The molecule has 1 fully saturated rings. The number of ketones is 2. The predicted octanol–water partition coefficient (Wildman–Crippen LogP) is 2.53. The zero-order chi connectivity index (χ0) is 19.8. The number of amides is 1. The second kappa shape index (κ2) is 7.03. The first-order valence-corrected chi connectivity index (χ1v) is 9.25. The summed E-state index contributed by atoms with van der Waals surface area (Å²) in [5.41, 5.74) is 0.775. The molecule has 2 aromatic rings. The molecular weight excluding hydrogens is 358 g/mol. The molecule has 142 valence electrons. The van der Waals surface area contributed by atoms with Crippen molar-refractivity contribution < 1.29 is 23.9 Å². The number of carbonyl (C=O) groups excluding carboxylic acids is 4. The summed E-state index contributed by atoms with van der Waals surface area (Å²) in [7, 11) is 0. The number of ether oxygens (including phenoxy) is 1. The van der Waals surface area contributed by atoms with Crippen molar-refractivity contribution in [1.82, 2.24) is 5.32 Å². The zero-order valence-electron chi connectivity index (χ0n) is 15.4. The van der Waals surface area contributed by atoms with Crippen LogP contribution in [0.2, 0.25) is 0 Å². The summed E-state index contributed by atoms with van der Waals surface area (Å²) >= 11 is 0.